The second kappa shape index (κ2) is 7.85. The van der Waals surface area contributed by atoms with Crippen molar-refractivity contribution < 1.29 is 23.5 Å². The highest BCUT2D eigenvalue weighted by Crippen LogP contribution is 2.23. The van der Waals surface area contributed by atoms with Gasteiger partial charge in [0, 0.05) is 32.6 Å². The molecular formula is C18H20N2O5. The number of carbonyl (C=O) groups is 2. The number of morpholine rings is 1. The van der Waals surface area contributed by atoms with Crippen LogP contribution in [-0.4, -0.2) is 49.1 Å². The summed E-state index contributed by atoms with van der Waals surface area (Å²) in [6.07, 6.45) is -0.225. The zero-order valence-electron chi connectivity index (χ0n) is 13.9. The van der Waals surface area contributed by atoms with Crippen LogP contribution in [0.3, 0.4) is 0 Å². The molecule has 0 unspecified atom stereocenters. The van der Waals surface area contributed by atoms with E-state index in [2.05, 4.69) is 5.32 Å². The Morgan fingerprint density at radius 3 is 2.80 bits per heavy atom. The summed E-state index contributed by atoms with van der Waals surface area (Å²) in [4.78, 5) is 25.3. The second-order valence-electron chi connectivity index (χ2n) is 5.70. The molecule has 7 heteroatoms. The Labute approximate surface area is 145 Å². The molecule has 0 spiro atoms. The first kappa shape index (κ1) is 17.0. The van der Waals surface area contributed by atoms with Crippen LogP contribution in [0.1, 0.15) is 17.5 Å². The summed E-state index contributed by atoms with van der Waals surface area (Å²) in [5.74, 6) is 0.682. The van der Waals surface area contributed by atoms with Gasteiger partial charge in [0.05, 0.1) is 12.7 Å². The molecule has 1 aliphatic rings. The van der Waals surface area contributed by atoms with Crippen molar-refractivity contribution in [2.75, 3.05) is 26.2 Å². The summed E-state index contributed by atoms with van der Waals surface area (Å²) >= 11 is 0. The fraction of sp³-hybridized carbons (Fsp3) is 0.333. The molecule has 1 aromatic carbocycles. The standard InChI is InChI=1S/C18H20N2O5/c1-13(21)20-9-10-23-15(12-20)11-19-18(22)16-7-8-17(25-16)24-14-5-3-2-4-6-14/h2-8,15H,9-12H2,1H3,(H,19,22)/t15-/m0/s1. The third-order valence-electron chi connectivity index (χ3n) is 3.84. The van der Waals surface area contributed by atoms with Gasteiger partial charge in [-0.2, -0.15) is 0 Å². The molecule has 1 aromatic heterocycles. The van der Waals surface area contributed by atoms with Gasteiger partial charge in [0.15, 0.2) is 5.76 Å². The number of nitrogens with zero attached hydrogens (tertiary/aromatic N) is 1. The van der Waals surface area contributed by atoms with Crippen molar-refractivity contribution in [3.8, 4) is 11.7 Å². The minimum atomic E-state index is -0.355. The molecule has 2 amide bonds. The SMILES string of the molecule is CC(=O)N1CCO[C@@H](CNC(=O)c2ccc(Oc3ccccc3)o2)C1. The second-order valence-corrected chi connectivity index (χ2v) is 5.70. The van der Waals surface area contributed by atoms with Crippen LogP contribution in [0.2, 0.25) is 0 Å². The molecule has 1 saturated heterocycles. The van der Waals surface area contributed by atoms with Crippen molar-refractivity contribution in [1.82, 2.24) is 10.2 Å². The molecule has 1 N–H and O–H groups in total. The van der Waals surface area contributed by atoms with E-state index in [0.29, 0.717) is 32.0 Å². The number of ether oxygens (including phenoxy) is 2. The van der Waals surface area contributed by atoms with Crippen LogP contribution in [0.4, 0.5) is 0 Å². The van der Waals surface area contributed by atoms with Crippen molar-refractivity contribution >= 4 is 11.8 Å². The minimum Gasteiger partial charge on any atom is -0.426 e. The summed E-state index contributed by atoms with van der Waals surface area (Å²) < 4.78 is 16.5. The Balaban J connectivity index is 1.51. The summed E-state index contributed by atoms with van der Waals surface area (Å²) in [7, 11) is 0. The van der Waals surface area contributed by atoms with E-state index in [1.807, 2.05) is 18.2 Å². The molecule has 3 rings (SSSR count). The maximum atomic E-state index is 12.2. The Kier molecular flexibility index (Phi) is 5.35. The fourth-order valence-corrected chi connectivity index (χ4v) is 2.52. The van der Waals surface area contributed by atoms with Crippen LogP contribution in [0.25, 0.3) is 0 Å². The van der Waals surface area contributed by atoms with E-state index >= 15 is 0 Å². The molecular weight excluding hydrogens is 324 g/mol. The Morgan fingerprint density at radius 2 is 2.04 bits per heavy atom. The van der Waals surface area contributed by atoms with Crippen LogP contribution in [0.5, 0.6) is 11.7 Å². The zero-order chi connectivity index (χ0) is 17.6. The van der Waals surface area contributed by atoms with Gasteiger partial charge in [0.1, 0.15) is 5.75 Å². The highest BCUT2D eigenvalue weighted by Gasteiger charge is 2.23. The Bertz CT molecular complexity index is 728. The van der Waals surface area contributed by atoms with E-state index in [-0.39, 0.29) is 29.6 Å². The van der Waals surface area contributed by atoms with Gasteiger partial charge in [0.25, 0.3) is 11.9 Å². The molecule has 1 atom stereocenters. The van der Waals surface area contributed by atoms with Crippen molar-refractivity contribution in [2.45, 2.75) is 13.0 Å². The van der Waals surface area contributed by atoms with Crippen molar-refractivity contribution in [3.63, 3.8) is 0 Å². The molecule has 1 aliphatic heterocycles. The Morgan fingerprint density at radius 1 is 1.24 bits per heavy atom. The summed E-state index contributed by atoms with van der Waals surface area (Å²) in [5.41, 5.74) is 0. The number of hydrogen-bond donors (Lipinski definition) is 1. The van der Waals surface area contributed by atoms with E-state index in [9.17, 15) is 9.59 Å². The first-order valence-corrected chi connectivity index (χ1v) is 8.10. The fourth-order valence-electron chi connectivity index (χ4n) is 2.52. The molecule has 1 fully saturated rings. The number of hydrogen-bond acceptors (Lipinski definition) is 5. The normalized spacial score (nSPS) is 17.2. The number of nitrogens with one attached hydrogen (secondary N) is 1. The van der Waals surface area contributed by atoms with Crippen molar-refractivity contribution in [2.24, 2.45) is 0 Å². The van der Waals surface area contributed by atoms with E-state index in [0.717, 1.165) is 0 Å². The lowest BCUT2D eigenvalue weighted by molar-refractivity contribution is -0.136. The highest BCUT2D eigenvalue weighted by atomic mass is 16.6. The van der Waals surface area contributed by atoms with E-state index in [1.54, 1.807) is 29.2 Å². The largest absolute Gasteiger partial charge is 0.426 e. The van der Waals surface area contributed by atoms with Crippen molar-refractivity contribution in [1.29, 1.82) is 0 Å². The van der Waals surface area contributed by atoms with Gasteiger partial charge in [-0.05, 0) is 18.2 Å². The molecule has 0 aliphatic carbocycles. The van der Waals surface area contributed by atoms with E-state index < -0.39 is 0 Å². The maximum absolute atomic E-state index is 12.2. The van der Waals surface area contributed by atoms with Gasteiger partial charge in [0.2, 0.25) is 5.91 Å². The topological polar surface area (TPSA) is 81.0 Å². The third-order valence-corrected chi connectivity index (χ3v) is 3.84. The summed E-state index contributed by atoms with van der Waals surface area (Å²) in [6, 6.07) is 12.3. The van der Waals surface area contributed by atoms with E-state index in [1.165, 1.54) is 6.92 Å². The van der Waals surface area contributed by atoms with Gasteiger partial charge >= 0.3 is 0 Å². The molecule has 0 bridgehead atoms. The predicted octanol–water partition coefficient (Wildman–Crippen LogP) is 2.05. The van der Waals surface area contributed by atoms with Crippen LogP contribution in [0, 0.1) is 0 Å². The smallest absolute Gasteiger partial charge is 0.290 e. The van der Waals surface area contributed by atoms with Crippen LogP contribution in [0.15, 0.2) is 46.9 Å². The molecule has 2 heterocycles. The molecule has 0 radical (unpaired) electrons. The quantitative estimate of drug-likeness (QED) is 0.898. The zero-order valence-corrected chi connectivity index (χ0v) is 13.9. The highest BCUT2D eigenvalue weighted by molar-refractivity contribution is 5.91. The lowest BCUT2D eigenvalue weighted by atomic mass is 10.2. The van der Waals surface area contributed by atoms with Gasteiger partial charge in [-0.1, -0.05) is 18.2 Å². The molecule has 7 nitrogen and oxygen atoms in total. The van der Waals surface area contributed by atoms with E-state index in [4.69, 9.17) is 13.9 Å². The number of amides is 2. The average molecular weight is 344 g/mol. The predicted molar refractivity (Wildman–Crippen MR) is 89.6 cm³/mol. The number of para-hydroxylation sites is 1. The van der Waals surface area contributed by atoms with Crippen LogP contribution < -0.4 is 10.1 Å². The van der Waals surface area contributed by atoms with Gasteiger partial charge in [-0.25, -0.2) is 0 Å². The Hall–Kier alpha value is -2.80. The molecule has 132 valence electrons. The number of benzene rings is 1. The van der Waals surface area contributed by atoms with Crippen LogP contribution in [-0.2, 0) is 9.53 Å². The maximum Gasteiger partial charge on any atom is 0.290 e. The first-order valence-electron chi connectivity index (χ1n) is 8.10. The molecule has 25 heavy (non-hydrogen) atoms. The van der Waals surface area contributed by atoms with Crippen LogP contribution >= 0.6 is 0 Å². The average Bonchev–Trinajstić information content (AvgIpc) is 3.09. The first-order chi connectivity index (χ1) is 12.1. The lowest BCUT2D eigenvalue weighted by Crippen LogP contribution is -2.49. The summed E-state index contributed by atoms with van der Waals surface area (Å²) in [6.45, 7) is 3.35. The van der Waals surface area contributed by atoms with Gasteiger partial charge < -0.3 is 24.1 Å². The minimum absolute atomic E-state index is 0.00774. The number of furan rings is 1. The summed E-state index contributed by atoms with van der Waals surface area (Å²) in [5, 5.41) is 2.75. The molecule has 0 saturated carbocycles. The van der Waals surface area contributed by atoms with Gasteiger partial charge in [-0.3, -0.25) is 9.59 Å². The monoisotopic (exact) mass is 344 g/mol. The number of rotatable bonds is 5. The van der Waals surface area contributed by atoms with Gasteiger partial charge in [-0.15, -0.1) is 0 Å². The molecule has 2 aromatic rings. The third kappa shape index (κ3) is 4.60. The lowest BCUT2D eigenvalue weighted by Gasteiger charge is -2.32. The van der Waals surface area contributed by atoms with Crippen molar-refractivity contribution in [3.05, 3.63) is 48.2 Å². The number of carbonyl (C=O) groups excluding carboxylic acids is 2.